The molecule has 0 aromatic heterocycles. The van der Waals surface area contributed by atoms with E-state index in [2.05, 4.69) is 10.6 Å². The molecule has 0 saturated heterocycles. The Kier molecular flexibility index (Phi) is 6.45. The molecule has 6 heteroatoms. The first-order valence-corrected chi connectivity index (χ1v) is 6.32. The lowest BCUT2D eigenvalue weighted by molar-refractivity contribution is -0.120. The first-order chi connectivity index (χ1) is 9.13. The molecule has 5 nitrogen and oxygen atoms in total. The van der Waals surface area contributed by atoms with E-state index >= 15 is 0 Å². The molecule has 0 aliphatic rings. The second-order valence-electron chi connectivity index (χ2n) is 3.87. The summed E-state index contributed by atoms with van der Waals surface area (Å²) in [6, 6.07) is 3.68. The number of carbonyl (C=O) groups is 1. The van der Waals surface area contributed by atoms with Crippen molar-refractivity contribution in [2.45, 2.75) is 13.0 Å². The number of benzene rings is 1. The van der Waals surface area contributed by atoms with Crippen molar-refractivity contribution in [3.63, 3.8) is 0 Å². The largest absolute Gasteiger partial charge is 0.493 e. The zero-order valence-electron chi connectivity index (χ0n) is 11.4. The molecule has 0 spiro atoms. The lowest BCUT2D eigenvalue weighted by atomic mass is 10.2. The number of nitrogens with one attached hydrogen (secondary N) is 2. The zero-order valence-corrected chi connectivity index (χ0v) is 12.1. The van der Waals surface area contributed by atoms with Gasteiger partial charge in [0.15, 0.2) is 11.5 Å². The van der Waals surface area contributed by atoms with Crippen molar-refractivity contribution in [1.29, 1.82) is 0 Å². The standard InChI is InChI=1S/C13H19ClN2O3/c1-15-11(17)6-7-16-8-9-4-5-10(18-2)13(19-3)12(9)14/h4-5,16H,6-8H2,1-3H3,(H,15,17). The predicted molar refractivity (Wildman–Crippen MR) is 74.9 cm³/mol. The number of amides is 1. The van der Waals surface area contributed by atoms with Gasteiger partial charge < -0.3 is 20.1 Å². The van der Waals surface area contributed by atoms with Gasteiger partial charge in [0.25, 0.3) is 0 Å². The first kappa shape index (κ1) is 15.6. The molecular weight excluding hydrogens is 268 g/mol. The molecule has 0 saturated carbocycles. The molecule has 1 rings (SSSR count). The molecular formula is C13H19ClN2O3. The Hall–Kier alpha value is -1.46. The molecule has 0 unspecified atom stereocenters. The fourth-order valence-electron chi connectivity index (χ4n) is 1.62. The van der Waals surface area contributed by atoms with Crippen LogP contribution in [0.3, 0.4) is 0 Å². The van der Waals surface area contributed by atoms with E-state index in [-0.39, 0.29) is 5.91 Å². The molecule has 0 bridgehead atoms. The average molecular weight is 287 g/mol. The Labute approximate surface area is 118 Å². The van der Waals surface area contributed by atoms with E-state index in [0.717, 1.165) is 5.56 Å². The molecule has 106 valence electrons. The van der Waals surface area contributed by atoms with Crippen LogP contribution in [0.2, 0.25) is 5.02 Å². The molecule has 0 fully saturated rings. The van der Waals surface area contributed by atoms with Gasteiger partial charge in [0.1, 0.15) is 0 Å². The normalized spacial score (nSPS) is 10.1. The third kappa shape index (κ3) is 4.29. The Bertz CT molecular complexity index is 438. The van der Waals surface area contributed by atoms with Crippen LogP contribution in [0.4, 0.5) is 0 Å². The third-order valence-electron chi connectivity index (χ3n) is 2.69. The summed E-state index contributed by atoms with van der Waals surface area (Å²) in [5.74, 6) is 1.13. The van der Waals surface area contributed by atoms with Crippen molar-refractivity contribution in [3.8, 4) is 11.5 Å². The summed E-state index contributed by atoms with van der Waals surface area (Å²) in [7, 11) is 4.73. The SMILES string of the molecule is CNC(=O)CCNCc1ccc(OC)c(OC)c1Cl. The number of methoxy groups -OCH3 is 2. The van der Waals surface area contributed by atoms with Gasteiger partial charge in [0, 0.05) is 26.6 Å². The molecule has 19 heavy (non-hydrogen) atoms. The summed E-state index contributed by atoms with van der Waals surface area (Å²) in [5, 5.41) is 6.24. The maximum Gasteiger partial charge on any atom is 0.221 e. The third-order valence-corrected chi connectivity index (χ3v) is 3.10. The summed E-state index contributed by atoms with van der Waals surface area (Å²) < 4.78 is 10.4. The van der Waals surface area contributed by atoms with Gasteiger partial charge in [-0.15, -0.1) is 0 Å². The highest BCUT2D eigenvalue weighted by atomic mass is 35.5. The number of carbonyl (C=O) groups excluding carboxylic acids is 1. The molecule has 1 aromatic carbocycles. The van der Waals surface area contributed by atoms with Crippen LogP contribution in [0.5, 0.6) is 11.5 Å². The van der Waals surface area contributed by atoms with Gasteiger partial charge in [-0.05, 0) is 11.6 Å². The smallest absolute Gasteiger partial charge is 0.221 e. The quantitative estimate of drug-likeness (QED) is 0.747. The van der Waals surface area contributed by atoms with Gasteiger partial charge in [0.05, 0.1) is 19.2 Å². The summed E-state index contributed by atoms with van der Waals surface area (Å²) in [6.45, 7) is 1.15. The number of hydrogen-bond donors (Lipinski definition) is 2. The van der Waals surface area contributed by atoms with Crippen molar-refractivity contribution in [2.24, 2.45) is 0 Å². The average Bonchev–Trinajstić information content (AvgIpc) is 2.44. The topological polar surface area (TPSA) is 59.6 Å². The number of hydrogen-bond acceptors (Lipinski definition) is 4. The van der Waals surface area contributed by atoms with Crippen molar-refractivity contribution in [3.05, 3.63) is 22.7 Å². The van der Waals surface area contributed by atoms with Crippen molar-refractivity contribution in [2.75, 3.05) is 27.8 Å². The maximum absolute atomic E-state index is 11.1. The lowest BCUT2D eigenvalue weighted by Gasteiger charge is -2.13. The molecule has 0 radical (unpaired) electrons. The molecule has 0 aliphatic carbocycles. The minimum Gasteiger partial charge on any atom is -0.493 e. The van der Waals surface area contributed by atoms with Crippen LogP contribution in [-0.2, 0) is 11.3 Å². The molecule has 1 amide bonds. The van der Waals surface area contributed by atoms with Crippen molar-refractivity contribution < 1.29 is 14.3 Å². The van der Waals surface area contributed by atoms with Crippen LogP contribution in [0.25, 0.3) is 0 Å². The van der Waals surface area contributed by atoms with E-state index in [1.807, 2.05) is 6.07 Å². The summed E-state index contributed by atoms with van der Waals surface area (Å²) in [6.07, 6.45) is 0.432. The van der Waals surface area contributed by atoms with Crippen LogP contribution >= 0.6 is 11.6 Å². The lowest BCUT2D eigenvalue weighted by Crippen LogP contribution is -2.24. The van der Waals surface area contributed by atoms with Crippen LogP contribution in [-0.4, -0.2) is 33.7 Å². The van der Waals surface area contributed by atoms with E-state index in [9.17, 15) is 4.79 Å². The van der Waals surface area contributed by atoms with E-state index in [1.165, 1.54) is 0 Å². The molecule has 0 atom stereocenters. The second kappa shape index (κ2) is 7.86. The summed E-state index contributed by atoms with van der Waals surface area (Å²) in [4.78, 5) is 11.1. The molecule has 1 aromatic rings. The van der Waals surface area contributed by atoms with Crippen molar-refractivity contribution >= 4 is 17.5 Å². The van der Waals surface area contributed by atoms with Crippen LogP contribution < -0.4 is 20.1 Å². The molecule has 2 N–H and O–H groups in total. The highest BCUT2D eigenvalue weighted by molar-refractivity contribution is 6.33. The minimum atomic E-state index is 0.00547. The Morgan fingerprint density at radius 3 is 2.63 bits per heavy atom. The number of ether oxygens (including phenoxy) is 2. The van der Waals surface area contributed by atoms with Gasteiger partial charge in [-0.25, -0.2) is 0 Å². The highest BCUT2D eigenvalue weighted by Crippen LogP contribution is 2.37. The molecule has 0 heterocycles. The van der Waals surface area contributed by atoms with Gasteiger partial charge in [0.2, 0.25) is 5.91 Å². The fourth-order valence-corrected chi connectivity index (χ4v) is 1.92. The van der Waals surface area contributed by atoms with Crippen LogP contribution in [0.15, 0.2) is 12.1 Å². The Morgan fingerprint density at radius 1 is 1.32 bits per heavy atom. The van der Waals surface area contributed by atoms with Gasteiger partial charge in [-0.1, -0.05) is 17.7 Å². The second-order valence-corrected chi connectivity index (χ2v) is 4.25. The van der Waals surface area contributed by atoms with Gasteiger partial charge in [-0.2, -0.15) is 0 Å². The van der Waals surface area contributed by atoms with Gasteiger partial charge in [-0.3, -0.25) is 4.79 Å². The summed E-state index contributed by atoms with van der Waals surface area (Å²) >= 11 is 6.24. The Balaban J connectivity index is 2.62. The van der Waals surface area contributed by atoms with Crippen LogP contribution in [0, 0.1) is 0 Å². The zero-order chi connectivity index (χ0) is 14.3. The van der Waals surface area contributed by atoms with E-state index in [1.54, 1.807) is 27.3 Å². The Morgan fingerprint density at radius 2 is 2.05 bits per heavy atom. The highest BCUT2D eigenvalue weighted by Gasteiger charge is 2.12. The van der Waals surface area contributed by atoms with E-state index in [4.69, 9.17) is 21.1 Å². The van der Waals surface area contributed by atoms with Crippen molar-refractivity contribution in [1.82, 2.24) is 10.6 Å². The fraction of sp³-hybridized carbons (Fsp3) is 0.462. The van der Waals surface area contributed by atoms with Crippen LogP contribution in [0.1, 0.15) is 12.0 Å². The maximum atomic E-state index is 11.1. The van der Waals surface area contributed by atoms with E-state index in [0.29, 0.717) is 36.0 Å². The number of rotatable bonds is 7. The predicted octanol–water partition coefficient (Wildman–Crippen LogP) is 1.58. The number of halogens is 1. The molecule has 0 aliphatic heterocycles. The summed E-state index contributed by atoms with van der Waals surface area (Å²) in [5.41, 5.74) is 0.899. The minimum absolute atomic E-state index is 0.00547. The monoisotopic (exact) mass is 286 g/mol. The first-order valence-electron chi connectivity index (χ1n) is 5.94. The van der Waals surface area contributed by atoms with Gasteiger partial charge >= 0.3 is 0 Å². The van der Waals surface area contributed by atoms with E-state index < -0.39 is 0 Å².